The number of amides is 1. The molecule has 0 unspecified atom stereocenters. The van der Waals surface area contributed by atoms with Gasteiger partial charge in [0.25, 0.3) is 5.91 Å². The second-order valence-electron chi connectivity index (χ2n) is 5.87. The minimum Gasteiger partial charge on any atom is -0.489 e. The Kier molecular flexibility index (Phi) is 5.37. The Morgan fingerprint density at radius 1 is 1.24 bits per heavy atom. The molecule has 0 radical (unpaired) electrons. The summed E-state index contributed by atoms with van der Waals surface area (Å²) in [6.45, 7) is 0.377. The van der Waals surface area contributed by atoms with Crippen LogP contribution in [0.3, 0.4) is 0 Å². The number of nitrogens with zero attached hydrogens (tertiary/aromatic N) is 1. The lowest BCUT2D eigenvalue weighted by atomic mass is 10.1. The van der Waals surface area contributed by atoms with Gasteiger partial charge in [-0.1, -0.05) is 41.9 Å². The quantitative estimate of drug-likeness (QED) is 0.628. The van der Waals surface area contributed by atoms with E-state index in [4.69, 9.17) is 21.6 Å². The van der Waals surface area contributed by atoms with E-state index in [0.29, 0.717) is 17.4 Å². The van der Waals surface area contributed by atoms with Crippen molar-refractivity contribution in [1.82, 2.24) is 5.32 Å². The van der Waals surface area contributed by atoms with Gasteiger partial charge < -0.3 is 10.1 Å². The van der Waals surface area contributed by atoms with Crippen LogP contribution >= 0.6 is 11.6 Å². The molecule has 1 aliphatic carbocycles. The molecule has 0 heterocycles. The molecule has 1 N–H and O–H groups in total. The number of nitriles is 1. The average Bonchev–Trinajstić information content (AvgIpc) is 3.44. The summed E-state index contributed by atoms with van der Waals surface area (Å²) in [7, 11) is 0. The summed E-state index contributed by atoms with van der Waals surface area (Å²) >= 11 is 6.10. The third kappa shape index (κ3) is 4.85. The zero-order valence-electron chi connectivity index (χ0n) is 13.5. The molecule has 2 aromatic carbocycles. The lowest BCUT2D eigenvalue weighted by Gasteiger charge is -2.08. The Balaban J connectivity index is 1.63. The molecule has 1 fully saturated rings. The molecule has 25 heavy (non-hydrogen) atoms. The first kappa shape index (κ1) is 17.1. The van der Waals surface area contributed by atoms with Crippen molar-refractivity contribution in [3.8, 4) is 11.8 Å². The van der Waals surface area contributed by atoms with Crippen molar-refractivity contribution in [3.63, 3.8) is 0 Å². The number of nitrogens with one attached hydrogen (secondary N) is 1. The summed E-state index contributed by atoms with van der Waals surface area (Å²) in [6.07, 6.45) is 3.55. The van der Waals surface area contributed by atoms with Crippen molar-refractivity contribution in [2.45, 2.75) is 25.5 Å². The molecule has 1 amide bonds. The lowest BCUT2D eigenvalue weighted by Crippen LogP contribution is -2.26. The molecule has 3 rings (SSSR count). The molecule has 5 heteroatoms. The molecule has 4 nitrogen and oxygen atoms in total. The predicted molar refractivity (Wildman–Crippen MR) is 97.0 cm³/mol. The largest absolute Gasteiger partial charge is 0.489 e. The first-order chi connectivity index (χ1) is 12.2. The van der Waals surface area contributed by atoms with Gasteiger partial charge in [-0.25, -0.2) is 0 Å². The van der Waals surface area contributed by atoms with E-state index in [0.717, 1.165) is 24.0 Å². The van der Waals surface area contributed by atoms with Crippen molar-refractivity contribution < 1.29 is 9.53 Å². The molecule has 1 aliphatic rings. The summed E-state index contributed by atoms with van der Waals surface area (Å²) in [4.78, 5) is 11.9. The molecule has 0 saturated heterocycles. The zero-order chi connectivity index (χ0) is 17.6. The smallest absolute Gasteiger partial charge is 0.262 e. The molecule has 1 saturated carbocycles. The van der Waals surface area contributed by atoms with Gasteiger partial charge in [-0.15, -0.1) is 0 Å². The maximum atomic E-state index is 11.9. The summed E-state index contributed by atoms with van der Waals surface area (Å²) in [5.74, 6) is 0.377. The van der Waals surface area contributed by atoms with Crippen LogP contribution in [0.2, 0.25) is 5.02 Å². The molecule has 0 atom stereocenters. The Labute approximate surface area is 151 Å². The van der Waals surface area contributed by atoms with E-state index in [9.17, 15) is 4.79 Å². The fourth-order valence-corrected chi connectivity index (χ4v) is 2.43. The van der Waals surface area contributed by atoms with E-state index < -0.39 is 0 Å². The van der Waals surface area contributed by atoms with Crippen LogP contribution in [-0.2, 0) is 11.4 Å². The monoisotopic (exact) mass is 352 g/mol. The SMILES string of the molecule is N#C/C(=C\c1ccc(OCc2ccccc2Cl)cc1)C(=O)NC1CC1. The molecule has 126 valence electrons. The standard InChI is InChI=1S/C20H17ClN2O2/c21-19-4-2-1-3-15(19)13-25-18-9-5-14(6-10-18)11-16(12-22)20(24)23-17-7-8-17/h1-6,9-11,17H,7-8,13H2,(H,23,24)/b16-11+. The number of halogens is 1. The van der Waals surface area contributed by atoms with Gasteiger partial charge in [0.1, 0.15) is 24.0 Å². The van der Waals surface area contributed by atoms with E-state index in [1.54, 1.807) is 18.2 Å². The molecule has 0 spiro atoms. The third-order valence-electron chi connectivity index (χ3n) is 3.82. The second kappa shape index (κ2) is 7.87. The summed E-state index contributed by atoms with van der Waals surface area (Å²) in [5.41, 5.74) is 1.79. The predicted octanol–water partition coefficient (Wildman–Crippen LogP) is 4.10. The van der Waals surface area contributed by atoms with Crippen LogP contribution in [0.1, 0.15) is 24.0 Å². The van der Waals surface area contributed by atoms with Crippen LogP contribution in [0.4, 0.5) is 0 Å². The zero-order valence-corrected chi connectivity index (χ0v) is 14.3. The highest BCUT2D eigenvalue weighted by Gasteiger charge is 2.24. The fraction of sp³-hybridized carbons (Fsp3) is 0.200. The Hall–Kier alpha value is -2.77. The molecule has 0 bridgehead atoms. The number of ether oxygens (including phenoxy) is 1. The van der Waals surface area contributed by atoms with Gasteiger partial charge >= 0.3 is 0 Å². The van der Waals surface area contributed by atoms with Gasteiger partial charge in [-0.05, 0) is 42.7 Å². The number of carbonyl (C=O) groups excluding carboxylic acids is 1. The number of carbonyl (C=O) groups is 1. The summed E-state index contributed by atoms with van der Waals surface area (Å²) < 4.78 is 5.72. The Bertz CT molecular complexity index is 834. The number of hydrogen-bond acceptors (Lipinski definition) is 3. The number of hydrogen-bond donors (Lipinski definition) is 1. The number of rotatable bonds is 6. The van der Waals surface area contributed by atoms with E-state index in [1.807, 2.05) is 42.5 Å². The van der Waals surface area contributed by atoms with E-state index in [2.05, 4.69) is 5.32 Å². The van der Waals surface area contributed by atoms with Crippen LogP contribution in [-0.4, -0.2) is 11.9 Å². The highest BCUT2D eigenvalue weighted by molar-refractivity contribution is 6.31. The lowest BCUT2D eigenvalue weighted by molar-refractivity contribution is -0.117. The Morgan fingerprint density at radius 3 is 2.60 bits per heavy atom. The van der Waals surface area contributed by atoms with Gasteiger partial charge in [0, 0.05) is 16.6 Å². The van der Waals surface area contributed by atoms with Crippen molar-refractivity contribution in [2.75, 3.05) is 0 Å². The minimum absolute atomic E-state index is 0.108. The second-order valence-corrected chi connectivity index (χ2v) is 6.27. The first-order valence-corrected chi connectivity index (χ1v) is 8.42. The van der Waals surface area contributed by atoms with Crippen LogP contribution in [0, 0.1) is 11.3 Å². The maximum absolute atomic E-state index is 11.9. The van der Waals surface area contributed by atoms with Crippen molar-refractivity contribution in [3.05, 3.63) is 70.3 Å². The van der Waals surface area contributed by atoms with Gasteiger partial charge in [0.05, 0.1) is 0 Å². The minimum atomic E-state index is -0.316. The summed E-state index contributed by atoms with van der Waals surface area (Å²) in [5, 5.41) is 12.6. The number of benzene rings is 2. The van der Waals surface area contributed by atoms with Crippen LogP contribution in [0.15, 0.2) is 54.1 Å². The molecular weight excluding hydrogens is 336 g/mol. The van der Waals surface area contributed by atoms with E-state index >= 15 is 0 Å². The molecule has 2 aromatic rings. The van der Waals surface area contributed by atoms with Gasteiger partial charge in [0.15, 0.2) is 0 Å². The van der Waals surface area contributed by atoms with E-state index in [-0.39, 0.29) is 17.5 Å². The van der Waals surface area contributed by atoms with Crippen LogP contribution < -0.4 is 10.1 Å². The molecular formula is C20H17ClN2O2. The van der Waals surface area contributed by atoms with Gasteiger partial charge in [-0.2, -0.15) is 5.26 Å². The Morgan fingerprint density at radius 2 is 1.96 bits per heavy atom. The van der Waals surface area contributed by atoms with Crippen LogP contribution in [0.5, 0.6) is 5.75 Å². The highest BCUT2D eigenvalue weighted by Crippen LogP contribution is 2.21. The average molecular weight is 353 g/mol. The van der Waals surface area contributed by atoms with Gasteiger partial charge in [-0.3, -0.25) is 4.79 Å². The molecule has 0 aliphatic heterocycles. The van der Waals surface area contributed by atoms with Crippen molar-refractivity contribution in [1.29, 1.82) is 5.26 Å². The third-order valence-corrected chi connectivity index (χ3v) is 4.19. The van der Waals surface area contributed by atoms with Crippen LogP contribution in [0.25, 0.3) is 6.08 Å². The van der Waals surface area contributed by atoms with Gasteiger partial charge in [0.2, 0.25) is 0 Å². The summed E-state index contributed by atoms with van der Waals surface area (Å²) in [6, 6.07) is 16.9. The van der Waals surface area contributed by atoms with E-state index in [1.165, 1.54) is 0 Å². The topological polar surface area (TPSA) is 62.1 Å². The van der Waals surface area contributed by atoms with Crippen molar-refractivity contribution in [2.24, 2.45) is 0 Å². The maximum Gasteiger partial charge on any atom is 0.262 e. The van der Waals surface area contributed by atoms with Crippen molar-refractivity contribution >= 4 is 23.6 Å². The highest BCUT2D eigenvalue weighted by atomic mass is 35.5. The first-order valence-electron chi connectivity index (χ1n) is 8.04. The molecule has 0 aromatic heterocycles. The normalized spacial score (nSPS) is 13.8. The fourth-order valence-electron chi connectivity index (χ4n) is 2.24.